The van der Waals surface area contributed by atoms with Crippen LogP contribution in [0.2, 0.25) is 19.6 Å². The monoisotopic (exact) mass is 872 g/mol. The molecule has 1 atom stereocenters. The second-order valence-electron chi connectivity index (χ2n) is 16.3. The number of hydrogen-bond acceptors (Lipinski definition) is 5. The van der Waals surface area contributed by atoms with Gasteiger partial charge in [0.1, 0.15) is 5.76 Å². The fourth-order valence-corrected chi connectivity index (χ4v) is 10.2. The lowest BCUT2D eigenvalue weighted by Crippen LogP contribution is -2.44. The van der Waals surface area contributed by atoms with Gasteiger partial charge in [-0.05, 0) is 134 Å². The molecule has 0 heterocycles. The van der Waals surface area contributed by atoms with Crippen LogP contribution in [0, 0.1) is 33.6 Å². The largest absolute Gasteiger partial charge is 0.544 e. The maximum Gasteiger partial charge on any atom is 0.242 e. The lowest BCUT2D eigenvalue weighted by atomic mass is 9.81. The van der Waals surface area contributed by atoms with Crippen molar-refractivity contribution in [2.45, 2.75) is 97.2 Å². The molecule has 0 aromatic heterocycles. The topological polar surface area (TPSA) is 54.0 Å². The molecule has 4 aromatic carbocycles. The molecular formula is C46H54Br2O5Si. The molecule has 286 valence electrons. The highest BCUT2D eigenvalue weighted by Gasteiger charge is 2.51. The van der Waals surface area contributed by atoms with Crippen LogP contribution < -0.4 is 0 Å². The van der Waals surface area contributed by atoms with Crippen LogP contribution >= 0.6 is 31.9 Å². The first-order valence-electron chi connectivity index (χ1n) is 18.9. The first-order chi connectivity index (χ1) is 25.6. The van der Waals surface area contributed by atoms with Crippen LogP contribution in [0.25, 0.3) is 5.76 Å². The molecule has 8 rings (SSSR count). The Bertz CT molecular complexity index is 2060. The van der Waals surface area contributed by atoms with Crippen molar-refractivity contribution in [1.29, 1.82) is 0 Å². The van der Waals surface area contributed by atoms with Crippen molar-refractivity contribution < 1.29 is 23.4 Å². The summed E-state index contributed by atoms with van der Waals surface area (Å²) in [6.45, 7) is 15.2. The molecule has 1 unspecified atom stereocenters. The van der Waals surface area contributed by atoms with Gasteiger partial charge >= 0.3 is 0 Å². The fourth-order valence-electron chi connectivity index (χ4n) is 8.66. The number of aryl methyl sites for hydroxylation is 2. The van der Waals surface area contributed by atoms with E-state index in [4.69, 9.17) is 18.6 Å². The first kappa shape index (κ1) is 40.8. The summed E-state index contributed by atoms with van der Waals surface area (Å²) in [6.07, 6.45) is 7.36. The third-order valence-electron chi connectivity index (χ3n) is 11.7. The Labute approximate surface area is 340 Å². The van der Waals surface area contributed by atoms with E-state index in [1.54, 1.807) is 21.3 Å². The van der Waals surface area contributed by atoms with Gasteiger partial charge in [0.25, 0.3) is 0 Å². The lowest BCUT2D eigenvalue weighted by Gasteiger charge is -2.33. The molecule has 4 aliphatic carbocycles. The van der Waals surface area contributed by atoms with Crippen LogP contribution in [0.15, 0.2) is 75.7 Å². The van der Waals surface area contributed by atoms with E-state index in [9.17, 15) is 4.79 Å². The zero-order valence-corrected chi connectivity index (χ0v) is 37.6. The Morgan fingerprint density at radius 2 is 1.13 bits per heavy atom. The Kier molecular flexibility index (Phi) is 12.1. The summed E-state index contributed by atoms with van der Waals surface area (Å²) in [5.41, 5.74) is 14.7. The minimum absolute atomic E-state index is 0.0997. The van der Waals surface area contributed by atoms with Gasteiger partial charge in [-0.2, -0.15) is 0 Å². The highest BCUT2D eigenvalue weighted by Crippen LogP contribution is 2.46. The molecule has 0 radical (unpaired) electrons. The molecule has 0 fully saturated rings. The maximum absolute atomic E-state index is 13.2. The predicted molar refractivity (Wildman–Crippen MR) is 229 cm³/mol. The lowest BCUT2D eigenvalue weighted by molar-refractivity contribution is -0.198. The molecule has 4 aromatic rings. The first-order valence-corrected chi connectivity index (χ1v) is 23.8. The van der Waals surface area contributed by atoms with Crippen LogP contribution in [-0.4, -0.2) is 46.8 Å². The van der Waals surface area contributed by atoms with Gasteiger partial charge in [0.15, 0.2) is 11.6 Å². The average Bonchev–Trinajstić information content (AvgIpc) is 3.92. The molecule has 0 spiro atoms. The van der Waals surface area contributed by atoms with E-state index in [1.807, 2.05) is 6.07 Å². The Hall–Kier alpha value is -2.85. The third kappa shape index (κ3) is 7.89. The number of methoxy groups -OCH3 is 3. The predicted octanol–water partition coefficient (Wildman–Crippen LogP) is 11.2. The van der Waals surface area contributed by atoms with E-state index < -0.39 is 19.7 Å². The van der Waals surface area contributed by atoms with Crippen LogP contribution in [0.3, 0.4) is 0 Å². The molecule has 0 saturated carbocycles. The van der Waals surface area contributed by atoms with Crippen molar-refractivity contribution in [3.63, 3.8) is 0 Å². The van der Waals surface area contributed by atoms with E-state index in [2.05, 4.69) is 140 Å². The summed E-state index contributed by atoms with van der Waals surface area (Å²) in [5.74, 6) is 0.831. The zero-order chi connectivity index (χ0) is 39.2. The molecule has 4 aliphatic rings. The van der Waals surface area contributed by atoms with E-state index in [1.165, 1.54) is 60.1 Å². The standard InChI is InChI=1S/C21H21BrO2.C14H19BrOSi.C11H14O2/c1-12-8-17-16(13(2)19(12)22)9-18(20(17)23)21(24-3)10-14-6-4-5-7-15(14)11-21;1-9-8-12-11(10(2)14(9)15)6-7-13(12)16-17(3,4)5;1-12-11(13-2)7-9-5-3-4-6-10(9)8-11/h4-8,18H,9-11H2,1-3H3;7-8H,6H2,1-5H3;3-6H,7-8H2,1-2H3. The minimum Gasteiger partial charge on any atom is -0.544 e. The van der Waals surface area contributed by atoms with Gasteiger partial charge in [0, 0.05) is 67.1 Å². The van der Waals surface area contributed by atoms with Crippen molar-refractivity contribution in [2.24, 2.45) is 5.92 Å². The molecule has 54 heavy (non-hydrogen) atoms. The van der Waals surface area contributed by atoms with Crippen molar-refractivity contribution in [1.82, 2.24) is 0 Å². The SMILES string of the molecule is COC1(C2Cc3c(cc(C)c(Br)c3C)C2=O)Cc2ccccc2C1.COC1(OC)Cc2ccccc2C1.Cc1cc2c(c(C)c1Br)CC=C2O[Si](C)(C)C. The van der Waals surface area contributed by atoms with Gasteiger partial charge in [0.05, 0.1) is 11.5 Å². The highest BCUT2D eigenvalue weighted by atomic mass is 79.9. The summed E-state index contributed by atoms with van der Waals surface area (Å²) in [5, 5.41) is 0. The van der Waals surface area contributed by atoms with Crippen LogP contribution in [0.1, 0.15) is 71.6 Å². The van der Waals surface area contributed by atoms with E-state index in [0.29, 0.717) is 0 Å². The van der Waals surface area contributed by atoms with Gasteiger partial charge in [0.2, 0.25) is 8.32 Å². The van der Waals surface area contributed by atoms with Crippen molar-refractivity contribution in [3.05, 3.63) is 142 Å². The number of benzene rings is 4. The highest BCUT2D eigenvalue weighted by molar-refractivity contribution is 9.10. The normalized spacial score (nSPS) is 18.4. The Morgan fingerprint density at radius 1 is 0.667 bits per heavy atom. The van der Waals surface area contributed by atoms with Gasteiger partial charge < -0.3 is 18.6 Å². The van der Waals surface area contributed by atoms with Gasteiger partial charge in [-0.1, -0.05) is 80.4 Å². The van der Waals surface area contributed by atoms with Crippen molar-refractivity contribution in [2.75, 3.05) is 21.3 Å². The number of halogens is 2. The van der Waals surface area contributed by atoms with E-state index in [-0.39, 0.29) is 11.7 Å². The quantitative estimate of drug-likeness (QED) is 0.143. The molecular weight excluding hydrogens is 820 g/mol. The molecule has 0 saturated heterocycles. The summed E-state index contributed by atoms with van der Waals surface area (Å²) < 4.78 is 25.4. The number of allylic oxidation sites excluding steroid dienone is 1. The molecule has 0 N–H and O–H groups in total. The van der Waals surface area contributed by atoms with Crippen LogP contribution in [-0.2, 0) is 57.2 Å². The van der Waals surface area contributed by atoms with Crippen molar-refractivity contribution in [3.8, 4) is 0 Å². The van der Waals surface area contributed by atoms with E-state index >= 15 is 0 Å². The molecule has 0 bridgehead atoms. The summed E-state index contributed by atoms with van der Waals surface area (Å²) in [4.78, 5) is 13.2. The summed E-state index contributed by atoms with van der Waals surface area (Å²) >= 11 is 7.33. The number of ether oxygens (including phenoxy) is 3. The Balaban J connectivity index is 0.000000146. The second kappa shape index (κ2) is 15.9. The number of rotatable bonds is 6. The summed E-state index contributed by atoms with van der Waals surface area (Å²) in [6, 6.07) is 21.1. The van der Waals surface area contributed by atoms with Gasteiger partial charge in [-0.3, -0.25) is 4.79 Å². The molecule has 5 nitrogen and oxygen atoms in total. The zero-order valence-electron chi connectivity index (χ0n) is 33.5. The third-order valence-corrected chi connectivity index (χ3v) is 15.0. The average molecular weight is 875 g/mol. The molecule has 0 amide bonds. The minimum atomic E-state index is -1.52. The molecule has 0 aliphatic heterocycles. The molecule has 8 heteroatoms. The second-order valence-corrected chi connectivity index (χ2v) is 22.3. The number of carbonyl (C=O) groups excluding carboxylic acids is 1. The fraction of sp³-hybridized carbons (Fsp3) is 0.413. The van der Waals surface area contributed by atoms with Crippen molar-refractivity contribution >= 4 is 51.7 Å². The van der Waals surface area contributed by atoms with E-state index in [0.717, 1.165) is 59.9 Å². The van der Waals surface area contributed by atoms with Gasteiger partial charge in [-0.15, -0.1) is 0 Å². The summed E-state index contributed by atoms with van der Waals surface area (Å²) in [7, 11) is 3.65. The van der Waals surface area contributed by atoms with Crippen LogP contribution in [0.4, 0.5) is 0 Å². The van der Waals surface area contributed by atoms with Crippen LogP contribution in [0.5, 0.6) is 0 Å². The maximum atomic E-state index is 13.2. The van der Waals surface area contributed by atoms with Gasteiger partial charge in [-0.25, -0.2) is 0 Å². The Morgan fingerprint density at radius 3 is 1.59 bits per heavy atom. The number of Topliss-reactive ketones (excluding diaryl/α,β-unsaturated/α-hetero) is 1. The number of carbonyl (C=O) groups is 1. The number of hydrogen-bond donors (Lipinski definition) is 0. The smallest absolute Gasteiger partial charge is 0.242 e. The number of fused-ring (bicyclic) bond motifs is 4. The number of ketones is 1.